The highest BCUT2D eigenvalue weighted by molar-refractivity contribution is 7.20. The summed E-state index contributed by atoms with van der Waals surface area (Å²) in [6.45, 7) is 2.47. The molecule has 0 aromatic carbocycles. The summed E-state index contributed by atoms with van der Waals surface area (Å²) in [4.78, 5) is 15.0. The molecule has 2 aromatic heterocycles. The normalized spacial score (nSPS) is 19.6. The maximum absolute atomic E-state index is 13.0. The fraction of sp³-hybridized carbons (Fsp3) is 0.571. The van der Waals surface area contributed by atoms with Crippen LogP contribution in [0.3, 0.4) is 0 Å². The number of amides is 1. The average Bonchev–Trinajstić information content (AvgIpc) is 3.12. The van der Waals surface area contributed by atoms with Gasteiger partial charge in [0, 0.05) is 25.5 Å². The van der Waals surface area contributed by atoms with Gasteiger partial charge >= 0.3 is 6.18 Å². The predicted octanol–water partition coefficient (Wildman–Crippen LogP) is 2.34. The van der Waals surface area contributed by atoms with E-state index in [9.17, 15) is 18.0 Å². The zero-order chi connectivity index (χ0) is 16.8. The smallest absolute Gasteiger partial charge is 0.351 e. The topological polar surface area (TPSA) is 50.2 Å². The van der Waals surface area contributed by atoms with Gasteiger partial charge in [-0.2, -0.15) is 18.3 Å². The predicted molar refractivity (Wildman–Crippen MR) is 81.5 cm³/mol. The summed E-state index contributed by atoms with van der Waals surface area (Å²) in [5.74, 6) is 0.0691. The van der Waals surface area contributed by atoms with Crippen molar-refractivity contribution in [3.63, 3.8) is 0 Å². The van der Waals surface area contributed by atoms with Crippen LogP contribution in [-0.2, 0) is 13.2 Å². The highest BCUT2D eigenvalue weighted by Gasteiger charge is 2.37. The first-order valence-electron chi connectivity index (χ1n) is 7.26. The number of thiophene rings is 1. The van der Waals surface area contributed by atoms with Crippen LogP contribution in [0.4, 0.5) is 13.2 Å². The van der Waals surface area contributed by atoms with E-state index in [2.05, 4.69) is 15.3 Å². The van der Waals surface area contributed by atoms with Gasteiger partial charge in [-0.25, -0.2) is 0 Å². The number of rotatable bonds is 3. The number of aryl methyl sites for hydroxylation is 1. The fourth-order valence-electron chi connectivity index (χ4n) is 2.88. The van der Waals surface area contributed by atoms with Crippen molar-refractivity contribution in [3.8, 4) is 0 Å². The molecule has 1 atom stereocenters. The lowest BCUT2D eigenvalue weighted by atomic mass is 10.1. The minimum Gasteiger partial charge on any atom is -0.351 e. The number of carbonyl (C=O) groups is 1. The van der Waals surface area contributed by atoms with Gasteiger partial charge in [-0.15, -0.1) is 11.3 Å². The third-order valence-corrected chi connectivity index (χ3v) is 5.24. The van der Waals surface area contributed by atoms with Gasteiger partial charge in [0.05, 0.1) is 4.88 Å². The molecule has 1 fully saturated rings. The standard InChI is InChI=1S/C14H17F3N4OS/c1-20-4-3-8(7-20)6-18-12(22)10-5-9-11(14(15,16)17)19-21(2)13(9)23-10/h5,8H,3-4,6-7H2,1-2H3,(H,18,22). The summed E-state index contributed by atoms with van der Waals surface area (Å²) in [6.07, 6.45) is -3.51. The average molecular weight is 346 g/mol. The number of nitrogens with zero attached hydrogens (tertiary/aromatic N) is 3. The highest BCUT2D eigenvalue weighted by atomic mass is 32.1. The molecule has 1 amide bonds. The molecule has 3 rings (SSSR count). The van der Waals surface area contributed by atoms with E-state index in [1.807, 2.05) is 7.05 Å². The Morgan fingerprint density at radius 3 is 2.83 bits per heavy atom. The van der Waals surface area contributed by atoms with Crippen LogP contribution in [0.1, 0.15) is 21.8 Å². The molecule has 2 aromatic rings. The van der Waals surface area contributed by atoms with Crippen LogP contribution in [0.5, 0.6) is 0 Å². The van der Waals surface area contributed by atoms with E-state index in [1.54, 1.807) is 0 Å². The SMILES string of the molecule is CN1CCC(CNC(=O)c2cc3c(C(F)(F)F)nn(C)c3s2)C1. The number of likely N-dealkylation sites (tertiary alicyclic amines) is 1. The van der Waals surface area contributed by atoms with Crippen LogP contribution in [0.15, 0.2) is 6.07 Å². The molecular weight excluding hydrogens is 329 g/mol. The van der Waals surface area contributed by atoms with E-state index < -0.39 is 11.9 Å². The van der Waals surface area contributed by atoms with Gasteiger partial charge in [-0.3, -0.25) is 9.48 Å². The first-order chi connectivity index (χ1) is 10.8. The van der Waals surface area contributed by atoms with Crippen molar-refractivity contribution >= 4 is 27.5 Å². The largest absolute Gasteiger partial charge is 0.435 e. The van der Waals surface area contributed by atoms with Gasteiger partial charge < -0.3 is 10.2 Å². The highest BCUT2D eigenvalue weighted by Crippen LogP contribution is 2.37. The lowest BCUT2D eigenvalue weighted by Crippen LogP contribution is -2.29. The fourth-order valence-corrected chi connectivity index (χ4v) is 3.87. The summed E-state index contributed by atoms with van der Waals surface area (Å²) in [7, 11) is 3.48. The lowest BCUT2D eigenvalue weighted by Gasteiger charge is -2.11. The molecule has 23 heavy (non-hydrogen) atoms. The van der Waals surface area contributed by atoms with E-state index in [1.165, 1.54) is 17.8 Å². The molecule has 1 unspecified atom stereocenters. The molecule has 0 saturated carbocycles. The second-order valence-electron chi connectivity index (χ2n) is 5.93. The van der Waals surface area contributed by atoms with E-state index in [4.69, 9.17) is 0 Å². The van der Waals surface area contributed by atoms with Gasteiger partial charge in [-0.05, 0) is 32.0 Å². The number of nitrogens with one attached hydrogen (secondary N) is 1. The molecule has 1 aliphatic heterocycles. The molecule has 1 saturated heterocycles. The number of hydrogen-bond acceptors (Lipinski definition) is 4. The molecule has 126 valence electrons. The number of halogens is 3. The van der Waals surface area contributed by atoms with Crippen molar-refractivity contribution in [2.45, 2.75) is 12.6 Å². The molecule has 9 heteroatoms. The Morgan fingerprint density at radius 2 is 2.22 bits per heavy atom. The molecular formula is C14H17F3N4OS. The second-order valence-corrected chi connectivity index (χ2v) is 6.96. The van der Waals surface area contributed by atoms with Gasteiger partial charge in [-0.1, -0.05) is 0 Å². The van der Waals surface area contributed by atoms with E-state index >= 15 is 0 Å². The van der Waals surface area contributed by atoms with Crippen molar-refractivity contribution in [1.29, 1.82) is 0 Å². The number of hydrogen-bond donors (Lipinski definition) is 1. The molecule has 3 heterocycles. The lowest BCUT2D eigenvalue weighted by molar-refractivity contribution is -0.140. The molecule has 0 bridgehead atoms. The number of alkyl halides is 3. The zero-order valence-electron chi connectivity index (χ0n) is 12.8. The van der Waals surface area contributed by atoms with E-state index in [0.29, 0.717) is 17.3 Å². The van der Waals surface area contributed by atoms with Crippen molar-refractivity contribution in [2.24, 2.45) is 13.0 Å². The van der Waals surface area contributed by atoms with Gasteiger partial charge in [0.2, 0.25) is 0 Å². The summed E-state index contributed by atoms with van der Waals surface area (Å²) in [5, 5.41) is 6.31. The molecule has 1 aliphatic rings. The minimum atomic E-state index is -4.53. The third kappa shape index (κ3) is 3.20. The maximum atomic E-state index is 13.0. The minimum absolute atomic E-state index is 0.0178. The molecule has 5 nitrogen and oxygen atoms in total. The van der Waals surface area contributed by atoms with E-state index in [-0.39, 0.29) is 16.2 Å². The van der Waals surface area contributed by atoms with Crippen LogP contribution in [0.2, 0.25) is 0 Å². The Kier molecular flexibility index (Phi) is 4.09. The summed E-state index contributed by atoms with van der Waals surface area (Å²) in [5.41, 5.74) is -0.942. The molecule has 0 aliphatic carbocycles. The quantitative estimate of drug-likeness (QED) is 0.928. The summed E-state index contributed by atoms with van der Waals surface area (Å²) >= 11 is 1.03. The second kappa shape index (κ2) is 5.79. The number of carbonyl (C=O) groups excluding carboxylic acids is 1. The van der Waals surface area contributed by atoms with E-state index in [0.717, 1.165) is 30.8 Å². The Labute approximate surface area is 135 Å². The first kappa shape index (κ1) is 16.3. The third-order valence-electron chi connectivity index (χ3n) is 4.04. The molecule has 0 spiro atoms. The summed E-state index contributed by atoms with van der Waals surface area (Å²) in [6, 6.07) is 1.28. The monoisotopic (exact) mass is 346 g/mol. The molecule has 0 radical (unpaired) electrons. The van der Waals surface area contributed by atoms with Crippen LogP contribution >= 0.6 is 11.3 Å². The van der Waals surface area contributed by atoms with Gasteiger partial charge in [0.1, 0.15) is 4.83 Å². The van der Waals surface area contributed by atoms with Crippen LogP contribution in [-0.4, -0.2) is 47.3 Å². The van der Waals surface area contributed by atoms with Gasteiger partial charge in [0.15, 0.2) is 5.69 Å². The zero-order valence-corrected chi connectivity index (χ0v) is 13.6. The van der Waals surface area contributed by atoms with Crippen molar-refractivity contribution in [2.75, 3.05) is 26.7 Å². The Balaban J connectivity index is 1.76. The number of aromatic nitrogens is 2. The Hall–Kier alpha value is -1.61. The number of fused-ring (bicyclic) bond motifs is 1. The van der Waals surface area contributed by atoms with Crippen molar-refractivity contribution < 1.29 is 18.0 Å². The maximum Gasteiger partial charge on any atom is 0.435 e. The van der Waals surface area contributed by atoms with Crippen molar-refractivity contribution in [1.82, 2.24) is 20.0 Å². The van der Waals surface area contributed by atoms with Crippen molar-refractivity contribution in [3.05, 3.63) is 16.6 Å². The first-order valence-corrected chi connectivity index (χ1v) is 8.08. The molecule has 1 N–H and O–H groups in total. The van der Waals surface area contributed by atoms with Crippen LogP contribution < -0.4 is 5.32 Å². The Bertz CT molecular complexity index is 736. The summed E-state index contributed by atoms with van der Waals surface area (Å²) < 4.78 is 40.0. The van der Waals surface area contributed by atoms with Crippen LogP contribution in [0, 0.1) is 5.92 Å². The van der Waals surface area contributed by atoms with Crippen LogP contribution in [0.25, 0.3) is 10.2 Å². The Morgan fingerprint density at radius 1 is 1.48 bits per heavy atom. The van der Waals surface area contributed by atoms with Gasteiger partial charge in [0.25, 0.3) is 5.91 Å².